The number of aryl methyl sites for hydroxylation is 1. The maximum atomic E-state index is 11.5. The molecule has 2 aromatic heterocycles. The fourth-order valence-corrected chi connectivity index (χ4v) is 2.88. The average Bonchev–Trinajstić information content (AvgIpc) is 2.39. The number of hydrogen-bond acceptors (Lipinski definition) is 5. The number of hydrogen-bond donors (Lipinski definition) is 1. The van der Waals surface area contributed by atoms with Gasteiger partial charge in [-0.25, -0.2) is 13.4 Å². The summed E-state index contributed by atoms with van der Waals surface area (Å²) >= 11 is 0. The number of carbonyl (C=O) groups is 1. The lowest BCUT2D eigenvalue weighted by molar-refractivity contribution is -0.114. The Morgan fingerprint density at radius 3 is 2.59 bits per heavy atom. The zero-order chi connectivity index (χ0) is 16.3. The SMILES string of the molecule is CC(=O)Nc1cc(-c2cnc(C)c(CS(C)(=O)=O)c2)ccn1. The van der Waals surface area contributed by atoms with Crippen LogP contribution < -0.4 is 5.32 Å². The highest BCUT2D eigenvalue weighted by molar-refractivity contribution is 7.89. The van der Waals surface area contributed by atoms with Crippen molar-refractivity contribution in [3.8, 4) is 11.1 Å². The van der Waals surface area contributed by atoms with Gasteiger partial charge in [-0.2, -0.15) is 0 Å². The first-order chi connectivity index (χ1) is 10.2. The summed E-state index contributed by atoms with van der Waals surface area (Å²) < 4.78 is 23.0. The third kappa shape index (κ3) is 4.36. The quantitative estimate of drug-likeness (QED) is 0.930. The van der Waals surface area contributed by atoms with E-state index in [-0.39, 0.29) is 11.7 Å². The fraction of sp³-hybridized carbons (Fsp3) is 0.267. The second-order valence-corrected chi connectivity index (χ2v) is 7.29. The minimum Gasteiger partial charge on any atom is -0.311 e. The van der Waals surface area contributed by atoms with Crippen molar-refractivity contribution in [3.05, 3.63) is 41.9 Å². The first-order valence-electron chi connectivity index (χ1n) is 6.62. The van der Waals surface area contributed by atoms with Gasteiger partial charge in [-0.3, -0.25) is 9.78 Å². The summed E-state index contributed by atoms with van der Waals surface area (Å²) in [7, 11) is -3.13. The standard InChI is InChI=1S/C15H17N3O3S/c1-10-14(9-22(3,20)21)6-13(8-17-10)12-4-5-16-15(7-12)18-11(2)19/h4-8H,9H2,1-3H3,(H,16,18,19). The van der Waals surface area contributed by atoms with Crippen LogP contribution in [0.1, 0.15) is 18.2 Å². The second kappa shape index (κ2) is 6.23. The molecular formula is C15H17N3O3S. The van der Waals surface area contributed by atoms with Crippen LogP contribution >= 0.6 is 0 Å². The van der Waals surface area contributed by atoms with Crippen molar-refractivity contribution >= 4 is 21.6 Å². The Morgan fingerprint density at radius 2 is 1.95 bits per heavy atom. The molecule has 7 heteroatoms. The maximum Gasteiger partial charge on any atom is 0.222 e. The van der Waals surface area contributed by atoms with Gasteiger partial charge in [-0.05, 0) is 36.2 Å². The van der Waals surface area contributed by atoms with E-state index in [4.69, 9.17) is 0 Å². The molecule has 0 bridgehead atoms. The summed E-state index contributed by atoms with van der Waals surface area (Å²) in [5.41, 5.74) is 2.93. The van der Waals surface area contributed by atoms with Crippen LogP contribution in [0.15, 0.2) is 30.6 Å². The van der Waals surface area contributed by atoms with Crippen LogP contribution in [-0.2, 0) is 20.4 Å². The molecule has 0 unspecified atom stereocenters. The van der Waals surface area contributed by atoms with Crippen molar-refractivity contribution in [2.75, 3.05) is 11.6 Å². The van der Waals surface area contributed by atoms with Crippen molar-refractivity contribution < 1.29 is 13.2 Å². The summed E-state index contributed by atoms with van der Waals surface area (Å²) in [5.74, 6) is 0.184. The Balaban J connectivity index is 2.41. The topological polar surface area (TPSA) is 89.0 Å². The molecule has 22 heavy (non-hydrogen) atoms. The maximum absolute atomic E-state index is 11.5. The van der Waals surface area contributed by atoms with Crippen molar-refractivity contribution in [2.24, 2.45) is 0 Å². The molecule has 0 fully saturated rings. The molecule has 2 heterocycles. The Kier molecular flexibility index (Phi) is 4.56. The van der Waals surface area contributed by atoms with Gasteiger partial charge in [-0.15, -0.1) is 0 Å². The van der Waals surface area contributed by atoms with E-state index in [2.05, 4.69) is 15.3 Å². The third-order valence-electron chi connectivity index (χ3n) is 3.01. The van der Waals surface area contributed by atoms with Crippen LogP contribution in [-0.4, -0.2) is 30.5 Å². The molecule has 0 aromatic carbocycles. The zero-order valence-electron chi connectivity index (χ0n) is 12.6. The molecular weight excluding hydrogens is 302 g/mol. The third-order valence-corrected chi connectivity index (χ3v) is 3.84. The first kappa shape index (κ1) is 16.1. The van der Waals surface area contributed by atoms with Gasteiger partial charge in [0.2, 0.25) is 5.91 Å². The van der Waals surface area contributed by atoms with E-state index in [0.29, 0.717) is 17.1 Å². The molecule has 2 rings (SSSR count). The Bertz CT molecular complexity index is 817. The predicted molar refractivity (Wildman–Crippen MR) is 85.1 cm³/mol. The van der Waals surface area contributed by atoms with Crippen LogP contribution in [0.5, 0.6) is 0 Å². The van der Waals surface area contributed by atoms with Gasteiger partial charge in [0, 0.05) is 36.8 Å². The molecule has 0 aliphatic rings. The van der Waals surface area contributed by atoms with E-state index in [1.165, 1.54) is 13.2 Å². The van der Waals surface area contributed by atoms with Crippen LogP contribution in [0.3, 0.4) is 0 Å². The summed E-state index contributed by atoms with van der Waals surface area (Å²) in [6.45, 7) is 3.19. The molecule has 1 amide bonds. The first-order valence-corrected chi connectivity index (χ1v) is 8.68. The molecule has 0 aliphatic carbocycles. The second-order valence-electron chi connectivity index (χ2n) is 5.15. The lowest BCUT2D eigenvalue weighted by Crippen LogP contribution is -2.07. The van der Waals surface area contributed by atoms with Crippen molar-refractivity contribution in [1.82, 2.24) is 9.97 Å². The Hall–Kier alpha value is -2.28. The van der Waals surface area contributed by atoms with Crippen LogP contribution in [0.2, 0.25) is 0 Å². The molecule has 0 radical (unpaired) electrons. The van der Waals surface area contributed by atoms with Gasteiger partial charge in [0.15, 0.2) is 9.84 Å². The van der Waals surface area contributed by atoms with Crippen molar-refractivity contribution in [3.63, 3.8) is 0 Å². The van der Waals surface area contributed by atoms with E-state index in [1.807, 2.05) is 0 Å². The lowest BCUT2D eigenvalue weighted by atomic mass is 10.1. The number of aromatic nitrogens is 2. The van der Waals surface area contributed by atoms with Gasteiger partial charge < -0.3 is 5.32 Å². The van der Waals surface area contributed by atoms with E-state index >= 15 is 0 Å². The summed E-state index contributed by atoms with van der Waals surface area (Å²) in [6, 6.07) is 5.30. The highest BCUT2D eigenvalue weighted by atomic mass is 32.2. The van der Waals surface area contributed by atoms with E-state index < -0.39 is 9.84 Å². The zero-order valence-corrected chi connectivity index (χ0v) is 13.4. The molecule has 0 aliphatic heterocycles. The smallest absolute Gasteiger partial charge is 0.222 e. The van der Waals surface area contributed by atoms with E-state index in [0.717, 1.165) is 11.1 Å². The average molecular weight is 319 g/mol. The van der Waals surface area contributed by atoms with Crippen molar-refractivity contribution in [1.29, 1.82) is 0 Å². The molecule has 0 spiro atoms. The number of nitrogens with one attached hydrogen (secondary N) is 1. The molecule has 1 N–H and O–H groups in total. The van der Waals surface area contributed by atoms with Gasteiger partial charge in [0.25, 0.3) is 0 Å². The number of rotatable bonds is 4. The largest absolute Gasteiger partial charge is 0.311 e. The van der Waals surface area contributed by atoms with Gasteiger partial charge >= 0.3 is 0 Å². The number of nitrogens with zero attached hydrogens (tertiary/aromatic N) is 2. The number of anilines is 1. The molecule has 0 saturated heterocycles. The normalized spacial score (nSPS) is 11.2. The number of amides is 1. The number of carbonyl (C=O) groups excluding carboxylic acids is 1. The van der Waals surface area contributed by atoms with Crippen molar-refractivity contribution in [2.45, 2.75) is 19.6 Å². The van der Waals surface area contributed by atoms with E-state index in [9.17, 15) is 13.2 Å². The highest BCUT2D eigenvalue weighted by Crippen LogP contribution is 2.23. The number of pyridine rings is 2. The molecule has 0 saturated carbocycles. The summed E-state index contributed by atoms with van der Waals surface area (Å²) in [6.07, 6.45) is 4.45. The molecule has 116 valence electrons. The Labute approximate surface area is 129 Å². The summed E-state index contributed by atoms with van der Waals surface area (Å²) in [4.78, 5) is 19.4. The lowest BCUT2D eigenvalue weighted by Gasteiger charge is -2.09. The van der Waals surface area contributed by atoms with Gasteiger partial charge in [0.1, 0.15) is 5.82 Å². The number of sulfone groups is 1. The fourth-order valence-electron chi connectivity index (χ4n) is 2.02. The van der Waals surface area contributed by atoms with Crippen LogP contribution in [0.25, 0.3) is 11.1 Å². The van der Waals surface area contributed by atoms with E-state index in [1.54, 1.807) is 37.5 Å². The van der Waals surface area contributed by atoms with Gasteiger partial charge in [0.05, 0.1) is 5.75 Å². The minimum atomic E-state index is -3.13. The summed E-state index contributed by atoms with van der Waals surface area (Å²) in [5, 5.41) is 2.61. The predicted octanol–water partition coefficient (Wildman–Crippen LogP) is 1.96. The highest BCUT2D eigenvalue weighted by Gasteiger charge is 2.10. The molecule has 0 atom stereocenters. The minimum absolute atomic E-state index is 0.0523. The van der Waals surface area contributed by atoms with Crippen LogP contribution in [0, 0.1) is 6.92 Å². The Morgan fingerprint density at radius 1 is 1.23 bits per heavy atom. The molecule has 6 nitrogen and oxygen atoms in total. The van der Waals surface area contributed by atoms with Crippen LogP contribution in [0.4, 0.5) is 5.82 Å². The monoisotopic (exact) mass is 319 g/mol. The van der Waals surface area contributed by atoms with Gasteiger partial charge in [-0.1, -0.05) is 0 Å². The molecule has 2 aromatic rings.